The highest BCUT2D eigenvalue weighted by atomic mass is 16.3. The predicted octanol–water partition coefficient (Wildman–Crippen LogP) is 2.05. The third-order valence-corrected chi connectivity index (χ3v) is 3.57. The van der Waals surface area contributed by atoms with Crippen LogP contribution in [0, 0.1) is 0 Å². The summed E-state index contributed by atoms with van der Waals surface area (Å²) in [6.07, 6.45) is 1.39. The summed E-state index contributed by atoms with van der Waals surface area (Å²) in [7, 11) is 0. The quantitative estimate of drug-likeness (QED) is 0.669. The van der Waals surface area contributed by atoms with Crippen LogP contribution in [0.25, 0.3) is 6.08 Å². The van der Waals surface area contributed by atoms with E-state index in [4.69, 9.17) is 0 Å². The first-order chi connectivity index (χ1) is 11.5. The molecule has 0 unspecified atom stereocenters. The molecule has 0 bridgehead atoms. The minimum Gasteiger partial charge on any atom is -0.508 e. The van der Waals surface area contributed by atoms with Gasteiger partial charge in [0.25, 0.3) is 11.8 Å². The number of urea groups is 1. The minimum absolute atomic E-state index is 0.0751. The number of phenolic OH excluding ortho intramolecular Hbond substituents is 1. The topological polar surface area (TPSA) is 86.7 Å². The molecule has 6 nitrogen and oxygen atoms in total. The first kappa shape index (κ1) is 15.5. The Morgan fingerprint density at radius 2 is 1.62 bits per heavy atom. The molecule has 0 aromatic heterocycles. The summed E-state index contributed by atoms with van der Waals surface area (Å²) in [5.41, 5.74) is 1.22. The Kier molecular flexibility index (Phi) is 4.11. The Bertz CT molecular complexity index is 826. The zero-order valence-corrected chi connectivity index (χ0v) is 12.6. The highest BCUT2D eigenvalue weighted by Crippen LogP contribution is 2.18. The second kappa shape index (κ2) is 6.37. The molecule has 1 aliphatic rings. The smallest absolute Gasteiger partial charge is 0.331 e. The van der Waals surface area contributed by atoms with Crippen LogP contribution >= 0.6 is 0 Å². The van der Waals surface area contributed by atoms with Crippen molar-refractivity contribution in [2.45, 2.75) is 6.54 Å². The maximum atomic E-state index is 12.5. The molecule has 2 N–H and O–H groups in total. The summed E-state index contributed by atoms with van der Waals surface area (Å²) >= 11 is 0. The van der Waals surface area contributed by atoms with Gasteiger partial charge in [-0.1, -0.05) is 42.5 Å². The maximum Gasteiger partial charge on any atom is 0.331 e. The van der Waals surface area contributed by atoms with E-state index in [1.807, 2.05) is 6.07 Å². The van der Waals surface area contributed by atoms with Crippen molar-refractivity contribution in [2.75, 3.05) is 0 Å². The largest absolute Gasteiger partial charge is 0.508 e. The van der Waals surface area contributed by atoms with E-state index in [1.165, 1.54) is 18.2 Å². The number of hydrogen-bond donors (Lipinski definition) is 2. The number of amides is 4. The minimum atomic E-state index is -0.739. The highest BCUT2D eigenvalue weighted by molar-refractivity contribution is 6.30. The SMILES string of the molecule is O=C1NC(=O)N(Cc2ccccc2)C(=O)/C1=C/c1ccc(O)cc1. The van der Waals surface area contributed by atoms with Crippen LogP contribution in [-0.2, 0) is 16.1 Å². The van der Waals surface area contributed by atoms with Crippen molar-refractivity contribution in [3.8, 4) is 5.75 Å². The van der Waals surface area contributed by atoms with Crippen LogP contribution in [0.1, 0.15) is 11.1 Å². The molecule has 3 rings (SSSR count). The molecule has 1 aliphatic heterocycles. The first-order valence-electron chi connectivity index (χ1n) is 7.26. The molecule has 0 aliphatic carbocycles. The van der Waals surface area contributed by atoms with Crippen LogP contribution < -0.4 is 5.32 Å². The summed E-state index contributed by atoms with van der Waals surface area (Å²) in [4.78, 5) is 37.5. The van der Waals surface area contributed by atoms with Crippen molar-refractivity contribution in [1.82, 2.24) is 10.2 Å². The van der Waals surface area contributed by atoms with E-state index < -0.39 is 17.8 Å². The van der Waals surface area contributed by atoms with Gasteiger partial charge in [0.15, 0.2) is 0 Å². The molecule has 2 aromatic carbocycles. The Balaban J connectivity index is 1.89. The van der Waals surface area contributed by atoms with Crippen LogP contribution in [0.3, 0.4) is 0 Å². The van der Waals surface area contributed by atoms with Crippen molar-refractivity contribution in [2.24, 2.45) is 0 Å². The van der Waals surface area contributed by atoms with Gasteiger partial charge < -0.3 is 5.11 Å². The second-order valence-corrected chi connectivity index (χ2v) is 5.29. The molecule has 120 valence electrons. The predicted molar refractivity (Wildman–Crippen MR) is 86.6 cm³/mol. The van der Waals surface area contributed by atoms with Gasteiger partial charge in [-0.2, -0.15) is 0 Å². The summed E-state index contributed by atoms with van der Waals surface area (Å²) in [6, 6.07) is 14.3. The molecular formula is C18H14N2O4. The third-order valence-electron chi connectivity index (χ3n) is 3.57. The van der Waals surface area contributed by atoms with Gasteiger partial charge in [0.1, 0.15) is 11.3 Å². The number of benzene rings is 2. The summed E-state index contributed by atoms with van der Waals surface area (Å²) in [6.45, 7) is 0.0751. The zero-order chi connectivity index (χ0) is 17.1. The lowest BCUT2D eigenvalue weighted by Gasteiger charge is -2.26. The monoisotopic (exact) mass is 322 g/mol. The number of aromatic hydroxyl groups is 1. The molecule has 0 spiro atoms. The van der Waals surface area contributed by atoms with Gasteiger partial charge >= 0.3 is 6.03 Å². The van der Waals surface area contributed by atoms with Gasteiger partial charge in [0.2, 0.25) is 0 Å². The van der Waals surface area contributed by atoms with Gasteiger partial charge in [-0.3, -0.25) is 19.8 Å². The molecule has 2 aromatic rings. The summed E-state index contributed by atoms with van der Waals surface area (Å²) in [5, 5.41) is 11.5. The van der Waals surface area contributed by atoms with Crippen molar-refractivity contribution < 1.29 is 19.5 Å². The molecule has 1 fully saturated rings. The van der Waals surface area contributed by atoms with Crippen LogP contribution in [0.2, 0.25) is 0 Å². The van der Waals surface area contributed by atoms with E-state index >= 15 is 0 Å². The number of imide groups is 2. The normalized spacial score (nSPS) is 16.4. The van der Waals surface area contributed by atoms with Crippen LogP contribution in [0.15, 0.2) is 60.2 Å². The van der Waals surface area contributed by atoms with Crippen molar-refractivity contribution >= 4 is 23.9 Å². The van der Waals surface area contributed by atoms with Crippen molar-refractivity contribution in [1.29, 1.82) is 0 Å². The molecule has 1 heterocycles. The third kappa shape index (κ3) is 3.17. The number of nitrogens with zero attached hydrogens (tertiary/aromatic N) is 1. The number of hydrogen-bond acceptors (Lipinski definition) is 4. The molecule has 24 heavy (non-hydrogen) atoms. The fourth-order valence-corrected chi connectivity index (χ4v) is 2.34. The molecular weight excluding hydrogens is 308 g/mol. The molecule has 6 heteroatoms. The Morgan fingerprint density at radius 3 is 2.29 bits per heavy atom. The standard InChI is InChI=1S/C18H14N2O4/c21-14-8-6-12(7-9-14)10-15-16(22)19-18(24)20(17(15)23)11-13-4-2-1-3-5-13/h1-10,21H,11H2,(H,19,22,24)/b15-10+. The van der Waals surface area contributed by atoms with E-state index in [-0.39, 0.29) is 17.9 Å². The van der Waals surface area contributed by atoms with Gasteiger partial charge in [0, 0.05) is 0 Å². The molecule has 4 amide bonds. The maximum absolute atomic E-state index is 12.5. The van der Waals surface area contributed by atoms with Gasteiger partial charge in [-0.05, 0) is 29.3 Å². The number of nitrogens with one attached hydrogen (secondary N) is 1. The second-order valence-electron chi connectivity index (χ2n) is 5.29. The number of barbiturate groups is 1. The Morgan fingerprint density at radius 1 is 0.958 bits per heavy atom. The molecule has 0 radical (unpaired) electrons. The molecule has 0 saturated carbocycles. The number of carbonyl (C=O) groups is 3. The number of phenols is 1. The van der Waals surface area contributed by atoms with Crippen molar-refractivity contribution in [3.05, 3.63) is 71.3 Å². The summed E-state index contributed by atoms with van der Waals surface area (Å²) in [5.74, 6) is -1.31. The lowest BCUT2D eigenvalue weighted by Crippen LogP contribution is -2.53. The van der Waals surface area contributed by atoms with E-state index in [0.29, 0.717) is 5.56 Å². The number of rotatable bonds is 3. The van der Waals surface area contributed by atoms with E-state index in [2.05, 4.69) is 5.32 Å². The van der Waals surface area contributed by atoms with Gasteiger partial charge in [-0.25, -0.2) is 4.79 Å². The highest BCUT2D eigenvalue weighted by Gasteiger charge is 2.35. The van der Waals surface area contributed by atoms with E-state index in [1.54, 1.807) is 36.4 Å². The van der Waals surface area contributed by atoms with Gasteiger partial charge in [-0.15, -0.1) is 0 Å². The Hall–Kier alpha value is -3.41. The zero-order valence-electron chi connectivity index (χ0n) is 12.6. The van der Waals surface area contributed by atoms with E-state index in [9.17, 15) is 19.5 Å². The fourth-order valence-electron chi connectivity index (χ4n) is 2.34. The van der Waals surface area contributed by atoms with Crippen LogP contribution in [0.4, 0.5) is 4.79 Å². The van der Waals surface area contributed by atoms with Gasteiger partial charge in [0.05, 0.1) is 6.54 Å². The van der Waals surface area contributed by atoms with Crippen molar-refractivity contribution in [3.63, 3.8) is 0 Å². The summed E-state index contributed by atoms with van der Waals surface area (Å²) < 4.78 is 0. The first-order valence-corrected chi connectivity index (χ1v) is 7.26. The molecule has 0 atom stereocenters. The van der Waals surface area contributed by atoms with E-state index in [0.717, 1.165) is 10.5 Å². The lowest BCUT2D eigenvalue weighted by atomic mass is 10.1. The van der Waals surface area contributed by atoms with Crippen LogP contribution in [0.5, 0.6) is 5.75 Å². The number of carbonyl (C=O) groups excluding carboxylic acids is 3. The van der Waals surface area contributed by atoms with Crippen LogP contribution in [-0.4, -0.2) is 27.9 Å². The molecule has 1 saturated heterocycles. The average Bonchev–Trinajstić information content (AvgIpc) is 2.58. The Labute approximate surface area is 138 Å². The fraction of sp³-hybridized carbons (Fsp3) is 0.0556. The average molecular weight is 322 g/mol. The lowest BCUT2D eigenvalue weighted by molar-refractivity contribution is -0.130.